The summed E-state index contributed by atoms with van der Waals surface area (Å²) >= 11 is -0.816. The quantitative estimate of drug-likeness (QED) is 0.203. The molecule has 204 valence electrons. The Kier molecular flexibility index (Phi) is 11.5. The summed E-state index contributed by atoms with van der Waals surface area (Å²) in [4.78, 5) is 1.83. The Hall–Kier alpha value is 0.988. The zero-order valence-electron chi connectivity index (χ0n) is 24.7. The van der Waals surface area contributed by atoms with Gasteiger partial charge in [0.2, 0.25) is 0 Å². The van der Waals surface area contributed by atoms with Gasteiger partial charge in [-0.25, -0.2) is 0 Å². The predicted octanol–water partition coefficient (Wildman–Crippen LogP) is 11.1. The van der Waals surface area contributed by atoms with Gasteiger partial charge in [-0.2, -0.15) is 0 Å². The molecule has 4 aliphatic carbocycles. The average molecular weight is 565 g/mol. The molecule has 0 aromatic carbocycles. The Morgan fingerprint density at radius 1 is 0.571 bits per heavy atom. The van der Waals surface area contributed by atoms with E-state index in [0.717, 1.165) is 46.8 Å². The Labute approximate surface area is 227 Å². The second-order valence-electron chi connectivity index (χ2n) is 14.5. The topological polar surface area (TPSA) is 0 Å². The molecular formula is C33H62AsP. The van der Waals surface area contributed by atoms with Crippen LogP contribution in [-0.2, 0) is 0 Å². The molecule has 6 unspecified atom stereocenters. The molecule has 0 heterocycles. The summed E-state index contributed by atoms with van der Waals surface area (Å²) in [5.41, 5.74) is 2.21. The van der Waals surface area contributed by atoms with E-state index in [9.17, 15) is 0 Å². The maximum absolute atomic E-state index is 2.62. The van der Waals surface area contributed by atoms with E-state index in [4.69, 9.17) is 0 Å². The van der Waals surface area contributed by atoms with Crippen molar-refractivity contribution in [3.63, 3.8) is 0 Å². The number of hydrogen-bond donors (Lipinski definition) is 0. The zero-order chi connectivity index (χ0) is 24.9. The molecule has 4 fully saturated rings. The fourth-order valence-electron chi connectivity index (χ4n) is 9.07. The third-order valence-corrected chi connectivity index (χ3v) is 25.0. The second-order valence-corrected chi connectivity index (χ2v) is 24.2. The van der Waals surface area contributed by atoms with E-state index in [2.05, 4.69) is 41.5 Å². The molecule has 0 N–H and O–H groups in total. The molecule has 0 spiro atoms. The predicted molar refractivity (Wildman–Crippen MR) is 161 cm³/mol. The molecule has 0 bridgehead atoms. The van der Waals surface area contributed by atoms with Crippen LogP contribution in [0.2, 0.25) is 9.41 Å². The van der Waals surface area contributed by atoms with Crippen LogP contribution in [0.25, 0.3) is 0 Å². The molecule has 4 aliphatic rings. The number of rotatable bonds is 8. The molecule has 0 amide bonds. The molecule has 4 rings (SSSR count). The molecule has 0 aromatic heterocycles. The normalized spacial score (nSPS) is 37.3. The van der Waals surface area contributed by atoms with E-state index in [-0.39, 0.29) is 7.92 Å². The van der Waals surface area contributed by atoms with Crippen LogP contribution in [-0.4, -0.2) is 30.9 Å². The Morgan fingerprint density at radius 2 is 0.971 bits per heavy atom. The molecule has 0 aliphatic heterocycles. The molecule has 0 radical (unpaired) electrons. The van der Waals surface area contributed by atoms with Crippen LogP contribution in [0, 0.1) is 35.5 Å². The minimum absolute atomic E-state index is 0.182. The van der Waals surface area contributed by atoms with Gasteiger partial charge in [0.1, 0.15) is 0 Å². The molecule has 4 saturated carbocycles. The summed E-state index contributed by atoms with van der Waals surface area (Å²) in [6.07, 6.45) is 25.3. The molecular weight excluding hydrogens is 502 g/mol. The third kappa shape index (κ3) is 7.56. The van der Waals surface area contributed by atoms with Crippen molar-refractivity contribution >= 4 is 22.6 Å². The Morgan fingerprint density at radius 3 is 1.34 bits per heavy atom. The first kappa shape index (κ1) is 29.0. The van der Waals surface area contributed by atoms with E-state index in [1.165, 1.54) is 22.3 Å². The van der Waals surface area contributed by atoms with E-state index < -0.39 is 14.7 Å². The summed E-state index contributed by atoms with van der Waals surface area (Å²) in [5, 5.41) is 0. The van der Waals surface area contributed by atoms with Crippen molar-refractivity contribution in [2.45, 2.75) is 165 Å². The molecule has 0 nitrogen and oxygen atoms in total. The van der Waals surface area contributed by atoms with Crippen molar-refractivity contribution in [1.82, 2.24) is 0 Å². The minimum atomic E-state index is -0.816. The van der Waals surface area contributed by atoms with Crippen molar-refractivity contribution in [1.29, 1.82) is 0 Å². The SMILES string of the molecule is CC1CCC(C(C)C)C(P(C[As](C2CCCCC2)C2CCCCC2)C2CC(C)CCC2C(C)C)C1. The average Bonchev–Trinajstić information content (AvgIpc) is 2.85. The van der Waals surface area contributed by atoms with Gasteiger partial charge in [-0.1, -0.05) is 0 Å². The van der Waals surface area contributed by atoms with Crippen LogP contribution >= 0.6 is 7.92 Å². The first-order chi connectivity index (χ1) is 16.8. The third-order valence-electron chi connectivity index (χ3n) is 11.2. The first-order valence-corrected chi connectivity index (χ1v) is 21.5. The van der Waals surface area contributed by atoms with Crippen LogP contribution in [0.5, 0.6) is 0 Å². The van der Waals surface area contributed by atoms with Crippen molar-refractivity contribution in [2.24, 2.45) is 35.5 Å². The maximum atomic E-state index is 2.62. The van der Waals surface area contributed by atoms with Gasteiger partial charge in [-0.05, 0) is 0 Å². The van der Waals surface area contributed by atoms with Crippen molar-refractivity contribution < 1.29 is 0 Å². The second kappa shape index (κ2) is 13.9. The van der Waals surface area contributed by atoms with Gasteiger partial charge in [0.05, 0.1) is 0 Å². The van der Waals surface area contributed by atoms with Crippen LogP contribution in [0.1, 0.15) is 144 Å². The van der Waals surface area contributed by atoms with Crippen LogP contribution in [0.4, 0.5) is 0 Å². The van der Waals surface area contributed by atoms with Gasteiger partial charge < -0.3 is 0 Å². The van der Waals surface area contributed by atoms with Crippen LogP contribution in [0.3, 0.4) is 0 Å². The summed E-state index contributed by atoms with van der Waals surface area (Å²) in [7, 11) is 0.182. The van der Waals surface area contributed by atoms with Crippen molar-refractivity contribution in [2.75, 3.05) is 4.95 Å². The standard InChI is InChI=1S/C33H62AsP/c1-24(2)30-19-17-26(5)21-32(30)35(33-22-27(6)18-20-31(33)25(3)4)23-34(28-13-9-7-10-14-28)29-15-11-8-12-16-29/h24-33H,7-23H2,1-6H3. The molecule has 0 aromatic rings. The van der Waals surface area contributed by atoms with E-state index in [1.807, 2.05) is 4.95 Å². The number of hydrogen-bond acceptors (Lipinski definition) is 0. The monoisotopic (exact) mass is 564 g/mol. The van der Waals surface area contributed by atoms with Gasteiger partial charge >= 0.3 is 228 Å². The van der Waals surface area contributed by atoms with Crippen LogP contribution < -0.4 is 0 Å². The first-order valence-electron chi connectivity index (χ1n) is 16.4. The van der Waals surface area contributed by atoms with E-state index in [0.29, 0.717) is 0 Å². The fourth-order valence-corrected chi connectivity index (χ4v) is 27.5. The Balaban J connectivity index is 1.68. The summed E-state index contributed by atoms with van der Waals surface area (Å²) in [5.74, 6) is 5.86. The fraction of sp³-hybridized carbons (Fsp3) is 1.00. The summed E-state index contributed by atoms with van der Waals surface area (Å²) < 4.78 is 2.45. The van der Waals surface area contributed by atoms with Crippen LogP contribution in [0.15, 0.2) is 0 Å². The van der Waals surface area contributed by atoms with Gasteiger partial charge in [-0.15, -0.1) is 0 Å². The van der Waals surface area contributed by atoms with Gasteiger partial charge in [0.15, 0.2) is 0 Å². The summed E-state index contributed by atoms with van der Waals surface area (Å²) in [6, 6.07) is 0. The van der Waals surface area contributed by atoms with Gasteiger partial charge in [0, 0.05) is 0 Å². The van der Waals surface area contributed by atoms with Crippen molar-refractivity contribution in [3.05, 3.63) is 0 Å². The van der Waals surface area contributed by atoms with Gasteiger partial charge in [-0.3, -0.25) is 0 Å². The van der Waals surface area contributed by atoms with Gasteiger partial charge in [0.25, 0.3) is 0 Å². The molecule has 0 saturated heterocycles. The summed E-state index contributed by atoms with van der Waals surface area (Å²) in [6.45, 7) is 15.6. The molecule has 6 atom stereocenters. The van der Waals surface area contributed by atoms with E-state index >= 15 is 0 Å². The molecule has 35 heavy (non-hydrogen) atoms. The molecule has 2 heteroatoms. The zero-order valence-corrected chi connectivity index (χ0v) is 27.5. The van der Waals surface area contributed by atoms with Crippen molar-refractivity contribution in [3.8, 4) is 0 Å². The van der Waals surface area contributed by atoms with E-state index in [1.54, 1.807) is 89.9 Å². The Bertz CT molecular complexity index is 554.